The largest absolute Gasteiger partial charge is 0.508 e. The van der Waals surface area contributed by atoms with Crippen molar-refractivity contribution >= 4 is 41.3 Å². The van der Waals surface area contributed by atoms with Gasteiger partial charge in [0.25, 0.3) is 5.91 Å². The second-order valence-corrected chi connectivity index (χ2v) is 12.8. The van der Waals surface area contributed by atoms with Gasteiger partial charge in [0.2, 0.25) is 5.91 Å². The number of benzene rings is 3. The third kappa shape index (κ3) is 10.7. The number of anilines is 1. The average Bonchev–Trinajstić information content (AvgIpc) is 3.00. The highest BCUT2D eigenvalue weighted by molar-refractivity contribution is 6.34. The highest BCUT2D eigenvalue weighted by atomic mass is 35.5. The first-order valence-electron chi connectivity index (χ1n) is 15.7. The van der Waals surface area contributed by atoms with Crippen molar-refractivity contribution in [3.63, 3.8) is 0 Å². The molecule has 0 aromatic heterocycles. The zero-order valence-corrected chi connectivity index (χ0v) is 28.2. The summed E-state index contributed by atoms with van der Waals surface area (Å²) in [6.45, 7) is 13.3. The smallest absolute Gasteiger partial charge is 0.408 e. The third-order valence-corrected chi connectivity index (χ3v) is 7.71. The van der Waals surface area contributed by atoms with Crippen LogP contribution in [-0.4, -0.2) is 46.1 Å². The summed E-state index contributed by atoms with van der Waals surface area (Å²) in [7, 11) is 0. The van der Waals surface area contributed by atoms with E-state index in [1.807, 2.05) is 31.2 Å². The molecule has 0 aliphatic rings. The molecule has 2 atom stereocenters. The van der Waals surface area contributed by atoms with Crippen LogP contribution in [0.3, 0.4) is 0 Å². The lowest BCUT2D eigenvalue weighted by Crippen LogP contribution is -2.53. The van der Waals surface area contributed by atoms with Gasteiger partial charge in [-0.3, -0.25) is 9.59 Å². The number of unbranched alkanes of at least 4 members (excludes halogenated alkanes) is 3. The van der Waals surface area contributed by atoms with Crippen LogP contribution in [0, 0.1) is 6.92 Å². The SMILES string of the molecule is C=Cc1cccc(C(C(=O)Nc2c(C)cccc2Cl)N(CCCCCC)C(=O)C(Cc2ccc(O)cc2)NC(=O)OC(C)(C)C)c1. The predicted octanol–water partition coefficient (Wildman–Crippen LogP) is 8.22. The molecule has 3 amide bonds. The van der Waals surface area contributed by atoms with Crippen LogP contribution >= 0.6 is 11.6 Å². The van der Waals surface area contributed by atoms with Gasteiger partial charge >= 0.3 is 6.09 Å². The minimum absolute atomic E-state index is 0.0815. The van der Waals surface area contributed by atoms with E-state index in [1.165, 1.54) is 12.1 Å². The molecule has 3 aromatic rings. The molecule has 0 aliphatic heterocycles. The van der Waals surface area contributed by atoms with Crippen LogP contribution in [0.25, 0.3) is 6.08 Å². The number of hydrogen-bond acceptors (Lipinski definition) is 5. The van der Waals surface area contributed by atoms with Crippen molar-refractivity contribution in [3.05, 3.63) is 101 Å². The lowest BCUT2D eigenvalue weighted by Gasteiger charge is -2.35. The quantitative estimate of drug-likeness (QED) is 0.153. The van der Waals surface area contributed by atoms with Gasteiger partial charge in [0, 0.05) is 13.0 Å². The molecule has 46 heavy (non-hydrogen) atoms. The second kappa shape index (κ2) is 16.9. The number of rotatable bonds is 14. The molecule has 0 fully saturated rings. The monoisotopic (exact) mass is 647 g/mol. The third-order valence-electron chi connectivity index (χ3n) is 7.39. The number of amides is 3. The summed E-state index contributed by atoms with van der Waals surface area (Å²) in [6, 6.07) is 17.0. The summed E-state index contributed by atoms with van der Waals surface area (Å²) in [5.41, 5.74) is 2.52. The van der Waals surface area contributed by atoms with Gasteiger partial charge in [0.15, 0.2) is 0 Å². The summed E-state index contributed by atoms with van der Waals surface area (Å²) in [5, 5.41) is 16.0. The maximum Gasteiger partial charge on any atom is 0.408 e. The Bertz CT molecular complexity index is 1480. The Kier molecular flexibility index (Phi) is 13.2. The molecule has 0 aliphatic carbocycles. The van der Waals surface area contributed by atoms with Crippen molar-refractivity contribution < 1.29 is 24.2 Å². The minimum atomic E-state index is -1.08. The molecule has 0 saturated carbocycles. The van der Waals surface area contributed by atoms with Crippen LogP contribution < -0.4 is 10.6 Å². The van der Waals surface area contributed by atoms with Gasteiger partial charge in [-0.15, -0.1) is 0 Å². The van der Waals surface area contributed by atoms with Crippen LogP contribution in [0.2, 0.25) is 5.02 Å². The van der Waals surface area contributed by atoms with E-state index in [9.17, 15) is 19.5 Å². The molecule has 0 spiro atoms. The number of alkyl carbamates (subject to hydrolysis) is 1. The van der Waals surface area contributed by atoms with E-state index in [4.69, 9.17) is 16.3 Å². The Morgan fingerprint density at radius 2 is 1.72 bits per heavy atom. The van der Waals surface area contributed by atoms with Crippen molar-refractivity contribution in [2.45, 2.75) is 84.4 Å². The number of para-hydroxylation sites is 1. The molecule has 0 bridgehead atoms. The Labute approximate surface area is 277 Å². The molecule has 3 rings (SSSR count). The van der Waals surface area contributed by atoms with E-state index >= 15 is 0 Å². The van der Waals surface area contributed by atoms with Gasteiger partial charge in [-0.1, -0.05) is 92.9 Å². The summed E-state index contributed by atoms with van der Waals surface area (Å²) >= 11 is 6.51. The van der Waals surface area contributed by atoms with E-state index in [0.29, 0.717) is 28.3 Å². The van der Waals surface area contributed by atoms with Crippen LogP contribution in [0.4, 0.5) is 10.5 Å². The zero-order chi connectivity index (χ0) is 33.9. The normalized spacial score (nSPS) is 12.5. The second-order valence-electron chi connectivity index (χ2n) is 12.4. The zero-order valence-electron chi connectivity index (χ0n) is 27.4. The first kappa shape index (κ1) is 36.2. The molecule has 3 aromatic carbocycles. The summed E-state index contributed by atoms with van der Waals surface area (Å²) in [6.07, 6.45) is 4.50. The number of aromatic hydroxyl groups is 1. The number of nitrogens with zero attached hydrogens (tertiary/aromatic N) is 1. The Morgan fingerprint density at radius 3 is 2.35 bits per heavy atom. The fourth-order valence-corrected chi connectivity index (χ4v) is 5.37. The molecular formula is C37H46ClN3O5. The molecule has 9 heteroatoms. The maximum atomic E-state index is 14.7. The number of carbonyl (C=O) groups is 3. The van der Waals surface area contributed by atoms with Gasteiger partial charge in [0.1, 0.15) is 23.4 Å². The van der Waals surface area contributed by atoms with Gasteiger partial charge in [-0.2, -0.15) is 0 Å². The van der Waals surface area contributed by atoms with Crippen molar-refractivity contribution in [2.24, 2.45) is 0 Å². The molecule has 0 heterocycles. The fraction of sp³-hybridized carbons (Fsp3) is 0.378. The number of phenolic OH excluding ortho intramolecular Hbond substituents is 1. The highest BCUT2D eigenvalue weighted by Crippen LogP contribution is 2.30. The van der Waals surface area contributed by atoms with Crippen LogP contribution in [0.15, 0.2) is 73.3 Å². The predicted molar refractivity (Wildman–Crippen MR) is 185 cm³/mol. The Hall–Kier alpha value is -4.30. The Morgan fingerprint density at radius 1 is 1.02 bits per heavy atom. The van der Waals surface area contributed by atoms with Gasteiger partial charge in [-0.25, -0.2) is 4.79 Å². The van der Waals surface area contributed by atoms with Crippen LogP contribution in [-0.2, 0) is 20.7 Å². The molecule has 2 unspecified atom stereocenters. The average molecular weight is 648 g/mol. The molecular weight excluding hydrogens is 602 g/mol. The topological polar surface area (TPSA) is 108 Å². The molecule has 3 N–H and O–H groups in total. The highest BCUT2D eigenvalue weighted by Gasteiger charge is 2.36. The van der Waals surface area contributed by atoms with E-state index in [2.05, 4.69) is 24.1 Å². The lowest BCUT2D eigenvalue weighted by molar-refractivity contribution is -0.140. The summed E-state index contributed by atoms with van der Waals surface area (Å²) < 4.78 is 5.53. The van der Waals surface area contributed by atoms with Crippen molar-refractivity contribution in [3.8, 4) is 5.75 Å². The van der Waals surface area contributed by atoms with Gasteiger partial charge in [-0.05, 0) is 80.6 Å². The number of nitrogens with one attached hydrogen (secondary N) is 2. The molecule has 8 nitrogen and oxygen atoms in total. The molecule has 0 saturated heterocycles. The first-order chi connectivity index (χ1) is 21.8. The number of phenols is 1. The summed E-state index contributed by atoms with van der Waals surface area (Å²) in [5.74, 6) is -0.810. The maximum absolute atomic E-state index is 14.7. The van der Waals surface area contributed by atoms with Crippen molar-refractivity contribution in [1.29, 1.82) is 0 Å². The number of halogens is 1. The van der Waals surface area contributed by atoms with Gasteiger partial charge in [0.05, 0.1) is 10.7 Å². The Balaban J connectivity index is 2.13. The van der Waals surface area contributed by atoms with Crippen LogP contribution in [0.1, 0.15) is 81.7 Å². The van der Waals surface area contributed by atoms with E-state index in [1.54, 1.807) is 62.1 Å². The number of ether oxygens (including phenoxy) is 1. The molecule has 0 radical (unpaired) electrons. The molecule has 246 valence electrons. The van der Waals surface area contributed by atoms with Crippen LogP contribution in [0.5, 0.6) is 5.75 Å². The van der Waals surface area contributed by atoms with Crippen molar-refractivity contribution in [2.75, 3.05) is 11.9 Å². The summed E-state index contributed by atoms with van der Waals surface area (Å²) in [4.78, 5) is 43.7. The first-order valence-corrected chi connectivity index (χ1v) is 16.1. The number of aryl methyl sites for hydroxylation is 1. The van der Waals surface area contributed by atoms with Gasteiger partial charge < -0.3 is 25.4 Å². The fourth-order valence-electron chi connectivity index (χ4n) is 5.10. The number of carbonyl (C=O) groups excluding carboxylic acids is 3. The number of hydrogen-bond donors (Lipinski definition) is 3. The van der Waals surface area contributed by atoms with E-state index in [-0.39, 0.29) is 18.7 Å². The van der Waals surface area contributed by atoms with E-state index in [0.717, 1.165) is 30.4 Å². The van der Waals surface area contributed by atoms with Crippen molar-refractivity contribution in [1.82, 2.24) is 10.2 Å². The van der Waals surface area contributed by atoms with E-state index < -0.39 is 35.6 Å². The minimum Gasteiger partial charge on any atom is -0.508 e. The standard InChI is InChI=1S/C37H46ClN3O5/c1-7-9-10-11-22-41(35(44)31(39-36(45)46-37(4,5)6)24-27-18-20-29(42)21-19-27)33(28-16-13-15-26(8-2)23-28)34(43)40-32-25(3)14-12-17-30(32)38/h8,12-21,23,31,33,42H,2,7,9-11,22,24H2,1,3-6H3,(H,39,45)(H,40,43). The lowest BCUT2D eigenvalue weighted by atomic mass is 9.98.